The predicted octanol–water partition coefficient (Wildman–Crippen LogP) is 3.69. The maximum atomic E-state index is 13.8. The minimum atomic E-state index is -0.192. The standard InChI is InChI=1S/C16H25FN2/c1-16(2)8-6-13(7-9-16)19(3)14-5-4-12(11-18)15(17)10-14/h4-5,10,13H,6-9,11,18H2,1-3H3. The molecule has 1 aliphatic rings. The van der Waals surface area contributed by atoms with Crippen LogP contribution in [0.1, 0.15) is 45.1 Å². The average molecular weight is 264 g/mol. The zero-order valence-electron chi connectivity index (χ0n) is 12.2. The fourth-order valence-electron chi connectivity index (χ4n) is 2.90. The van der Waals surface area contributed by atoms with Gasteiger partial charge in [-0.05, 0) is 43.2 Å². The summed E-state index contributed by atoms with van der Waals surface area (Å²) in [7, 11) is 2.07. The SMILES string of the molecule is CN(c1ccc(CN)c(F)c1)C1CCC(C)(C)CC1. The Morgan fingerprint density at radius 3 is 2.47 bits per heavy atom. The van der Waals surface area contributed by atoms with Gasteiger partial charge >= 0.3 is 0 Å². The van der Waals surface area contributed by atoms with Crippen LogP contribution in [0, 0.1) is 11.2 Å². The Balaban J connectivity index is 2.08. The Kier molecular flexibility index (Phi) is 4.14. The van der Waals surface area contributed by atoms with Gasteiger partial charge < -0.3 is 10.6 Å². The molecule has 0 atom stereocenters. The molecule has 0 aliphatic heterocycles. The van der Waals surface area contributed by atoms with Gasteiger partial charge in [-0.3, -0.25) is 0 Å². The Hall–Kier alpha value is -1.09. The lowest BCUT2D eigenvalue weighted by atomic mass is 9.75. The maximum absolute atomic E-state index is 13.8. The van der Waals surface area contributed by atoms with E-state index in [-0.39, 0.29) is 12.4 Å². The van der Waals surface area contributed by atoms with Crippen LogP contribution in [0.4, 0.5) is 10.1 Å². The van der Waals surface area contributed by atoms with Crippen LogP contribution in [0.25, 0.3) is 0 Å². The first-order valence-corrected chi connectivity index (χ1v) is 7.14. The summed E-state index contributed by atoms with van der Waals surface area (Å²) in [5.41, 5.74) is 7.50. The summed E-state index contributed by atoms with van der Waals surface area (Å²) >= 11 is 0. The first kappa shape index (κ1) is 14.3. The molecule has 0 bridgehead atoms. The minimum absolute atomic E-state index is 0.192. The molecule has 0 aromatic heterocycles. The van der Waals surface area contributed by atoms with Crippen molar-refractivity contribution in [2.24, 2.45) is 11.1 Å². The van der Waals surface area contributed by atoms with E-state index in [4.69, 9.17) is 5.73 Å². The van der Waals surface area contributed by atoms with Gasteiger partial charge in [0.2, 0.25) is 0 Å². The first-order valence-electron chi connectivity index (χ1n) is 7.14. The molecule has 1 aromatic carbocycles. The average Bonchev–Trinajstić information content (AvgIpc) is 2.38. The summed E-state index contributed by atoms with van der Waals surface area (Å²) in [5, 5.41) is 0. The van der Waals surface area contributed by atoms with Crippen LogP contribution < -0.4 is 10.6 Å². The molecular weight excluding hydrogens is 239 g/mol. The second kappa shape index (κ2) is 5.49. The van der Waals surface area contributed by atoms with E-state index in [1.54, 1.807) is 12.1 Å². The third-order valence-corrected chi connectivity index (χ3v) is 4.52. The van der Waals surface area contributed by atoms with Crippen molar-refractivity contribution in [3.63, 3.8) is 0 Å². The van der Waals surface area contributed by atoms with Gasteiger partial charge in [0, 0.05) is 30.9 Å². The molecule has 2 nitrogen and oxygen atoms in total. The largest absolute Gasteiger partial charge is 0.372 e. The van der Waals surface area contributed by atoms with Crippen molar-refractivity contribution in [3.05, 3.63) is 29.6 Å². The zero-order valence-corrected chi connectivity index (χ0v) is 12.2. The zero-order chi connectivity index (χ0) is 14.0. The maximum Gasteiger partial charge on any atom is 0.129 e. The van der Waals surface area contributed by atoms with E-state index >= 15 is 0 Å². The Labute approximate surface area is 115 Å². The van der Waals surface area contributed by atoms with Crippen molar-refractivity contribution in [2.45, 2.75) is 52.1 Å². The van der Waals surface area contributed by atoms with Crippen molar-refractivity contribution in [1.29, 1.82) is 0 Å². The summed E-state index contributed by atoms with van der Waals surface area (Å²) in [6.45, 7) is 4.92. The summed E-state index contributed by atoms with van der Waals surface area (Å²) in [6.07, 6.45) is 4.85. The summed E-state index contributed by atoms with van der Waals surface area (Å²) in [4.78, 5) is 2.22. The second-order valence-corrected chi connectivity index (χ2v) is 6.49. The third kappa shape index (κ3) is 3.27. The van der Waals surface area contributed by atoms with Crippen molar-refractivity contribution in [1.82, 2.24) is 0 Å². The van der Waals surface area contributed by atoms with Gasteiger partial charge in [-0.25, -0.2) is 4.39 Å². The molecule has 2 rings (SSSR count). The first-order chi connectivity index (χ1) is 8.93. The number of nitrogens with two attached hydrogens (primary N) is 1. The number of halogens is 1. The van der Waals surface area contributed by atoms with E-state index in [1.165, 1.54) is 25.7 Å². The highest BCUT2D eigenvalue weighted by molar-refractivity contribution is 5.48. The van der Waals surface area contributed by atoms with Crippen LogP contribution in [0.2, 0.25) is 0 Å². The van der Waals surface area contributed by atoms with E-state index in [1.807, 2.05) is 6.07 Å². The monoisotopic (exact) mass is 264 g/mol. The topological polar surface area (TPSA) is 29.3 Å². The van der Waals surface area contributed by atoms with Crippen LogP contribution in [0.5, 0.6) is 0 Å². The molecule has 2 N–H and O–H groups in total. The number of benzene rings is 1. The van der Waals surface area contributed by atoms with Crippen molar-refractivity contribution in [2.75, 3.05) is 11.9 Å². The lowest BCUT2D eigenvalue weighted by Crippen LogP contribution is -2.37. The molecular formula is C16H25FN2. The Morgan fingerprint density at radius 2 is 1.95 bits per heavy atom. The van der Waals surface area contributed by atoms with Crippen LogP contribution in [-0.2, 0) is 6.54 Å². The quantitative estimate of drug-likeness (QED) is 0.902. The number of rotatable bonds is 3. The second-order valence-electron chi connectivity index (χ2n) is 6.49. The molecule has 1 fully saturated rings. The summed E-state index contributed by atoms with van der Waals surface area (Å²) in [6, 6.07) is 5.91. The fourth-order valence-corrected chi connectivity index (χ4v) is 2.90. The summed E-state index contributed by atoms with van der Waals surface area (Å²) in [5.74, 6) is -0.192. The van der Waals surface area contributed by atoms with Gasteiger partial charge in [0.15, 0.2) is 0 Å². The van der Waals surface area contributed by atoms with Gasteiger partial charge in [0.1, 0.15) is 5.82 Å². The molecule has 0 radical (unpaired) electrons. The third-order valence-electron chi connectivity index (χ3n) is 4.52. The molecule has 0 spiro atoms. The molecule has 19 heavy (non-hydrogen) atoms. The number of anilines is 1. The molecule has 0 unspecified atom stereocenters. The molecule has 1 aromatic rings. The normalized spacial score (nSPS) is 19.4. The molecule has 106 valence electrons. The van der Waals surface area contributed by atoms with E-state index < -0.39 is 0 Å². The molecule has 0 saturated heterocycles. The molecule has 0 heterocycles. The van der Waals surface area contributed by atoms with E-state index in [0.29, 0.717) is 17.0 Å². The van der Waals surface area contributed by atoms with E-state index in [9.17, 15) is 4.39 Å². The van der Waals surface area contributed by atoms with Crippen molar-refractivity contribution >= 4 is 5.69 Å². The molecule has 3 heteroatoms. The van der Waals surface area contributed by atoms with E-state index in [0.717, 1.165) is 5.69 Å². The molecule has 1 aliphatic carbocycles. The van der Waals surface area contributed by atoms with Crippen LogP contribution in [-0.4, -0.2) is 13.1 Å². The van der Waals surface area contributed by atoms with Crippen molar-refractivity contribution in [3.8, 4) is 0 Å². The lowest BCUT2D eigenvalue weighted by molar-refractivity contribution is 0.222. The van der Waals surface area contributed by atoms with Crippen LogP contribution in [0.15, 0.2) is 18.2 Å². The minimum Gasteiger partial charge on any atom is -0.372 e. The van der Waals surface area contributed by atoms with Crippen LogP contribution in [0.3, 0.4) is 0 Å². The molecule has 1 saturated carbocycles. The predicted molar refractivity (Wildman–Crippen MR) is 78.7 cm³/mol. The van der Waals surface area contributed by atoms with Crippen LogP contribution >= 0.6 is 0 Å². The van der Waals surface area contributed by atoms with Gasteiger partial charge in [-0.15, -0.1) is 0 Å². The smallest absolute Gasteiger partial charge is 0.129 e. The highest BCUT2D eigenvalue weighted by Gasteiger charge is 2.29. The van der Waals surface area contributed by atoms with Crippen molar-refractivity contribution < 1.29 is 4.39 Å². The Morgan fingerprint density at radius 1 is 1.32 bits per heavy atom. The van der Waals surface area contributed by atoms with Gasteiger partial charge in [0.05, 0.1) is 0 Å². The fraction of sp³-hybridized carbons (Fsp3) is 0.625. The van der Waals surface area contributed by atoms with E-state index in [2.05, 4.69) is 25.8 Å². The number of nitrogens with zero attached hydrogens (tertiary/aromatic N) is 1. The summed E-state index contributed by atoms with van der Waals surface area (Å²) < 4.78 is 13.8. The number of hydrogen-bond acceptors (Lipinski definition) is 2. The van der Waals surface area contributed by atoms with Gasteiger partial charge in [0.25, 0.3) is 0 Å². The molecule has 0 amide bonds. The lowest BCUT2D eigenvalue weighted by Gasteiger charge is -2.39. The van der Waals surface area contributed by atoms with Gasteiger partial charge in [-0.1, -0.05) is 19.9 Å². The number of hydrogen-bond donors (Lipinski definition) is 1. The highest BCUT2D eigenvalue weighted by Crippen LogP contribution is 2.37. The Bertz CT molecular complexity index is 432. The highest BCUT2D eigenvalue weighted by atomic mass is 19.1. The van der Waals surface area contributed by atoms with Gasteiger partial charge in [-0.2, -0.15) is 0 Å².